The summed E-state index contributed by atoms with van der Waals surface area (Å²) in [6.45, 7) is 8.52. The van der Waals surface area contributed by atoms with E-state index in [1.165, 1.54) is 36.8 Å². The second-order valence-electron chi connectivity index (χ2n) is 7.32. The first-order chi connectivity index (χ1) is 8.99. The second-order valence-corrected chi connectivity index (χ2v) is 7.32. The standard InChI is InChI=1S/C18H26O/c1-11(2)15-13-7-8-14(16(15)17(19)12(3)4)18(13)9-5-6-10-18/h7-8,12-14,16H,5-6,9-10H2,1-4H3/t13-,14+,16-/m1/s1. The zero-order chi connectivity index (χ0) is 13.8. The Morgan fingerprint density at radius 1 is 1.21 bits per heavy atom. The highest BCUT2D eigenvalue weighted by Crippen LogP contribution is 2.67. The highest BCUT2D eigenvalue weighted by molar-refractivity contribution is 5.87. The van der Waals surface area contributed by atoms with Crippen molar-refractivity contribution in [1.82, 2.24) is 0 Å². The number of carbonyl (C=O) groups is 1. The van der Waals surface area contributed by atoms with E-state index in [1.807, 2.05) is 0 Å². The molecule has 1 nitrogen and oxygen atoms in total. The zero-order valence-corrected chi connectivity index (χ0v) is 12.7. The Morgan fingerprint density at radius 3 is 2.37 bits per heavy atom. The SMILES string of the molecule is CC(C)=C1[C@H](C(=O)C(C)C)[C@@H]2C=C[C@H]1C21CCCC1. The van der Waals surface area contributed by atoms with E-state index in [9.17, 15) is 4.79 Å². The lowest BCUT2D eigenvalue weighted by molar-refractivity contribution is -0.125. The Morgan fingerprint density at radius 2 is 1.84 bits per heavy atom. The van der Waals surface area contributed by atoms with E-state index in [0.29, 0.717) is 23.0 Å². The summed E-state index contributed by atoms with van der Waals surface area (Å²) in [5.41, 5.74) is 3.29. The maximum absolute atomic E-state index is 12.7. The van der Waals surface area contributed by atoms with Crippen molar-refractivity contribution in [3.8, 4) is 0 Å². The predicted octanol–water partition coefficient (Wildman–Crippen LogP) is 4.54. The van der Waals surface area contributed by atoms with Crippen molar-refractivity contribution < 1.29 is 4.79 Å². The molecule has 3 rings (SSSR count). The van der Waals surface area contributed by atoms with Crippen LogP contribution in [0, 0.1) is 29.1 Å². The van der Waals surface area contributed by atoms with Crippen LogP contribution in [0.25, 0.3) is 0 Å². The summed E-state index contributed by atoms with van der Waals surface area (Å²) in [7, 11) is 0. The minimum Gasteiger partial charge on any atom is -0.299 e. The van der Waals surface area contributed by atoms with Crippen LogP contribution in [0.4, 0.5) is 0 Å². The maximum atomic E-state index is 12.7. The van der Waals surface area contributed by atoms with Crippen molar-refractivity contribution in [1.29, 1.82) is 0 Å². The normalized spacial score (nSPS) is 34.8. The van der Waals surface area contributed by atoms with Crippen LogP contribution in [0.2, 0.25) is 0 Å². The molecule has 3 atom stereocenters. The monoisotopic (exact) mass is 258 g/mol. The van der Waals surface area contributed by atoms with Gasteiger partial charge in [-0.25, -0.2) is 0 Å². The van der Waals surface area contributed by atoms with Gasteiger partial charge in [-0.3, -0.25) is 4.79 Å². The Labute approximate surface area is 117 Å². The molecule has 0 aromatic rings. The summed E-state index contributed by atoms with van der Waals surface area (Å²) < 4.78 is 0. The van der Waals surface area contributed by atoms with Gasteiger partial charge in [0.15, 0.2) is 0 Å². The average molecular weight is 258 g/mol. The lowest BCUT2D eigenvalue weighted by Gasteiger charge is -2.30. The molecular formula is C18H26O. The van der Waals surface area contributed by atoms with Gasteiger partial charge in [0.05, 0.1) is 0 Å². The van der Waals surface area contributed by atoms with Crippen LogP contribution in [0.5, 0.6) is 0 Å². The molecule has 0 saturated heterocycles. The third kappa shape index (κ3) is 1.63. The smallest absolute Gasteiger partial charge is 0.143 e. The molecule has 0 aromatic carbocycles. The Hall–Kier alpha value is -0.850. The lowest BCUT2D eigenvalue weighted by Crippen LogP contribution is -2.29. The Bertz CT molecular complexity index is 456. The van der Waals surface area contributed by atoms with E-state index in [-0.39, 0.29) is 11.8 Å². The number of allylic oxidation sites excluding steroid dienone is 4. The van der Waals surface area contributed by atoms with Crippen molar-refractivity contribution in [2.24, 2.45) is 29.1 Å². The summed E-state index contributed by atoms with van der Waals surface area (Å²) in [5, 5.41) is 0. The molecule has 0 amide bonds. The molecule has 0 heterocycles. The molecule has 3 aliphatic carbocycles. The molecule has 0 unspecified atom stereocenters. The summed E-state index contributed by atoms with van der Waals surface area (Å²) in [4.78, 5) is 12.7. The molecule has 0 N–H and O–H groups in total. The molecule has 0 aliphatic heterocycles. The minimum atomic E-state index is 0.158. The number of hydrogen-bond acceptors (Lipinski definition) is 1. The quantitative estimate of drug-likeness (QED) is 0.665. The fourth-order valence-corrected chi connectivity index (χ4v) is 5.05. The molecule has 2 saturated carbocycles. The zero-order valence-electron chi connectivity index (χ0n) is 12.7. The molecular weight excluding hydrogens is 232 g/mol. The number of Topliss-reactive ketones (excluding diaryl/α,β-unsaturated/α-hetero) is 1. The fourth-order valence-electron chi connectivity index (χ4n) is 5.05. The molecule has 3 aliphatic rings. The number of hydrogen-bond donors (Lipinski definition) is 0. The number of rotatable bonds is 2. The van der Waals surface area contributed by atoms with Crippen LogP contribution in [-0.4, -0.2) is 5.78 Å². The number of ketones is 1. The van der Waals surface area contributed by atoms with Gasteiger partial charge in [-0.2, -0.15) is 0 Å². The topological polar surface area (TPSA) is 17.1 Å². The van der Waals surface area contributed by atoms with Crippen molar-refractivity contribution in [2.45, 2.75) is 53.4 Å². The Balaban J connectivity index is 2.08. The van der Waals surface area contributed by atoms with Gasteiger partial charge >= 0.3 is 0 Å². The van der Waals surface area contributed by atoms with Gasteiger partial charge in [0.2, 0.25) is 0 Å². The van der Waals surface area contributed by atoms with Crippen LogP contribution in [0.1, 0.15) is 53.4 Å². The van der Waals surface area contributed by atoms with Crippen LogP contribution in [-0.2, 0) is 4.79 Å². The van der Waals surface area contributed by atoms with Crippen molar-refractivity contribution in [3.63, 3.8) is 0 Å². The third-order valence-electron chi connectivity index (χ3n) is 5.81. The van der Waals surface area contributed by atoms with E-state index < -0.39 is 0 Å². The average Bonchev–Trinajstić information content (AvgIpc) is 3.04. The van der Waals surface area contributed by atoms with E-state index in [4.69, 9.17) is 0 Å². The molecule has 104 valence electrons. The predicted molar refractivity (Wildman–Crippen MR) is 78.7 cm³/mol. The second kappa shape index (κ2) is 4.33. The van der Waals surface area contributed by atoms with Gasteiger partial charge < -0.3 is 0 Å². The van der Waals surface area contributed by atoms with Crippen molar-refractivity contribution in [2.75, 3.05) is 0 Å². The fraction of sp³-hybridized carbons (Fsp3) is 0.722. The molecule has 0 aromatic heterocycles. The molecule has 1 spiro atoms. The minimum absolute atomic E-state index is 0.158. The van der Waals surface area contributed by atoms with E-state index in [1.54, 1.807) is 0 Å². The van der Waals surface area contributed by atoms with Gasteiger partial charge in [-0.15, -0.1) is 0 Å². The van der Waals surface area contributed by atoms with E-state index >= 15 is 0 Å². The molecule has 19 heavy (non-hydrogen) atoms. The molecule has 1 heteroatoms. The van der Waals surface area contributed by atoms with Gasteiger partial charge in [-0.05, 0) is 38.0 Å². The molecule has 2 fully saturated rings. The first kappa shape index (κ1) is 13.1. The van der Waals surface area contributed by atoms with E-state index in [2.05, 4.69) is 39.8 Å². The van der Waals surface area contributed by atoms with Gasteiger partial charge in [0, 0.05) is 17.8 Å². The first-order valence-corrected chi connectivity index (χ1v) is 7.88. The van der Waals surface area contributed by atoms with Crippen LogP contribution in [0.3, 0.4) is 0 Å². The first-order valence-electron chi connectivity index (χ1n) is 7.88. The largest absolute Gasteiger partial charge is 0.299 e. The lowest BCUT2D eigenvalue weighted by atomic mass is 9.73. The Kier molecular flexibility index (Phi) is 2.99. The van der Waals surface area contributed by atoms with Gasteiger partial charge in [-0.1, -0.05) is 50.0 Å². The van der Waals surface area contributed by atoms with Crippen LogP contribution < -0.4 is 0 Å². The summed E-state index contributed by atoms with van der Waals surface area (Å²) in [5.74, 6) is 1.89. The van der Waals surface area contributed by atoms with Gasteiger partial charge in [0.1, 0.15) is 5.78 Å². The third-order valence-corrected chi connectivity index (χ3v) is 5.81. The van der Waals surface area contributed by atoms with E-state index in [0.717, 1.165) is 0 Å². The highest BCUT2D eigenvalue weighted by atomic mass is 16.1. The van der Waals surface area contributed by atoms with Crippen LogP contribution >= 0.6 is 0 Å². The van der Waals surface area contributed by atoms with Crippen molar-refractivity contribution >= 4 is 5.78 Å². The summed E-state index contributed by atoms with van der Waals surface area (Å²) >= 11 is 0. The molecule has 0 radical (unpaired) electrons. The molecule has 2 bridgehead atoms. The van der Waals surface area contributed by atoms with Crippen molar-refractivity contribution in [3.05, 3.63) is 23.3 Å². The summed E-state index contributed by atoms with van der Waals surface area (Å²) in [6.07, 6.45) is 10.2. The van der Waals surface area contributed by atoms with Gasteiger partial charge in [0.25, 0.3) is 0 Å². The maximum Gasteiger partial charge on any atom is 0.143 e. The summed E-state index contributed by atoms with van der Waals surface area (Å²) in [6, 6.07) is 0. The number of carbonyl (C=O) groups excluding carboxylic acids is 1. The highest BCUT2D eigenvalue weighted by Gasteiger charge is 2.61. The van der Waals surface area contributed by atoms with Crippen LogP contribution in [0.15, 0.2) is 23.3 Å².